The van der Waals surface area contributed by atoms with Gasteiger partial charge in [-0.1, -0.05) is 0 Å². The van der Waals surface area contributed by atoms with E-state index in [1.807, 2.05) is 0 Å². The molecular weight excluding hydrogens is 142 g/mol. The summed E-state index contributed by atoms with van der Waals surface area (Å²) in [6.45, 7) is 2.15. The number of aryl methyl sites for hydroxylation is 1. The van der Waals surface area contributed by atoms with Crippen LogP contribution in [-0.4, -0.2) is 6.04 Å². The molecule has 0 amide bonds. The van der Waals surface area contributed by atoms with Gasteiger partial charge < -0.3 is 5.32 Å². The fourth-order valence-corrected chi connectivity index (χ4v) is 1.75. The maximum Gasteiger partial charge on any atom is 0.0480 e. The Balaban J connectivity index is 2.08. The first-order valence-corrected chi connectivity index (χ1v) is 4.60. The molecule has 1 nitrogen and oxygen atoms in total. The lowest BCUT2D eigenvalue weighted by Gasteiger charge is -2.00. The number of thiophene rings is 1. The quantitative estimate of drug-likeness (QED) is 0.688. The average molecular weight is 153 g/mol. The first-order valence-electron chi connectivity index (χ1n) is 3.65. The standard InChI is InChI=1S/C8H11NS/c1-6-4-10-5-8(6)9-7-2-3-7/h4-5,7,9H,2-3H2,1H3. The third-order valence-electron chi connectivity index (χ3n) is 1.79. The second-order valence-electron chi connectivity index (χ2n) is 2.89. The van der Waals surface area contributed by atoms with Gasteiger partial charge in [0.1, 0.15) is 0 Å². The van der Waals surface area contributed by atoms with Crippen molar-refractivity contribution in [1.82, 2.24) is 0 Å². The van der Waals surface area contributed by atoms with E-state index in [-0.39, 0.29) is 0 Å². The Morgan fingerprint density at radius 2 is 2.30 bits per heavy atom. The molecule has 0 radical (unpaired) electrons. The Bertz CT molecular complexity index is 225. The molecule has 1 heterocycles. The number of hydrogen-bond acceptors (Lipinski definition) is 2. The Kier molecular flexibility index (Phi) is 1.42. The van der Waals surface area contributed by atoms with Crippen LogP contribution in [0.2, 0.25) is 0 Å². The van der Waals surface area contributed by atoms with Crippen molar-refractivity contribution in [1.29, 1.82) is 0 Å². The molecule has 0 atom stereocenters. The van der Waals surface area contributed by atoms with E-state index in [9.17, 15) is 0 Å². The van der Waals surface area contributed by atoms with Crippen molar-refractivity contribution in [3.8, 4) is 0 Å². The monoisotopic (exact) mass is 153 g/mol. The van der Waals surface area contributed by atoms with Crippen LogP contribution in [0.1, 0.15) is 18.4 Å². The molecule has 1 aliphatic carbocycles. The third kappa shape index (κ3) is 1.16. The van der Waals surface area contributed by atoms with Crippen LogP contribution in [-0.2, 0) is 0 Å². The van der Waals surface area contributed by atoms with Gasteiger partial charge in [-0.05, 0) is 30.7 Å². The zero-order valence-electron chi connectivity index (χ0n) is 6.05. The van der Waals surface area contributed by atoms with Gasteiger partial charge in [0.15, 0.2) is 0 Å². The summed E-state index contributed by atoms with van der Waals surface area (Å²) in [5, 5.41) is 7.85. The average Bonchev–Trinajstić information content (AvgIpc) is 2.62. The van der Waals surface area contributed by atoms with Crippen LogP contribution in [0.4, 0.5) is 5.69 Å². The van der Waals surface area contributed by atoms with Gasteiger partial charge in [0.2, 0.25) is 0 Å². The molecule has 1 aliphatic rings. The highest BCUT2D eigenvalue weighted by atomic mass is 32.1. The van der Waals surface area contributed by atoms with E-state index in [0.29, 0.717) is 0 Å². The SMILES string of the molecule is Cc1cscc1NC1CC1. The summed E-state index contributed by atoms with van der Waals surface area (Å²) in [5.74, 6) is 0. The molecule has 0 unspecified atom stereocenters. The molecule has 1 aromatic rings. The van der Waals surface area contributed by atoms with Crippen molar-refractivity contribution in [2.24, 2.45) is 0 Å². The van der Waals surface area contributed by atoms with Crippen LogP contribution in [0.3, 0.4) is 0 Å². The Morgan fingerprint density at radius 1 is 1.50 bits per heavy atom. The smallest absolute Gasteiger partial charge is 0.0480 e. The van der Waals surface area contributed by atoms with Crippen LogP contribution < -0.4 is 5.32 Å². The molecule has 10 heavy (non-hydrogen) atoms. The van der Waals surface area contributed by atoms with E-state index >= 15 is 0 Å². The van der Waals surface area contributed by atoms with E-state index in [4.69, 9.17) is 0 Å². The summed E-state index contributed by atoms with van der Waals surface area (Å²) in [4.78, 5) is 0. The predicted octanol–water partition coefficient (Wildman–Crippen LogP) is 2.63. The molecule has 2 heteroatoms. The van der Waals surface area contributed by atoms with E-state index < -0.39 is 0 Å². The van der Waals surface area contributed by atoms with Gasteiger partial charge in [-0.3, -0.25) is 0 Å². The minimum Gasteiger partial charge on any atom is -0.381 e. The van der Waals surface area contributed by atoms with Crippen LogP contribution >= 0.6 is 11.3 Å². The molecule has 1 N–H and O–H groups in total. The second-order valence-corrected chi connectivity index (χ2v) is 3.63. The van der Waals surface area contributed by atoms with Crippen molar-refractivity contribution >= 4 is 17.0 Å². The fraction of sp³-hybridized carbons (Fsp3) is 0.500. The number of anilines is 1. The minimum atomic E-state index is 0.785. The van der Waals surface area contributed by atoms with E-state index in [0.717, 1.165) is 6.04 Å². The molecule has 0 bridgehead atoms. The Hall–Kier alpha value is -0.500. The summed E-state index contributed by atoms with van der Waals surface area (Å²) >= 11 is 1.77. The molecular formula is C8H11NS. The van der Waals surface area contributed by atoms with Crippen molar-refractivity contribution in [2.45, 2.75) is 25.8 Å². The lowest BCUT2D eigenvalue weighted by Crippen LogP contribution is -1.99. The highest BCUT2D eigenvalue weighted by Gasteiger charge is 2.21. The van der Waals surface area contributed by atoms with Gasteiger partial charge in [-0.15, -0.1) is 11.3 Å². The van der Waals surface area contributed by atoms with Gasteiger partial charge in [-0.25, -0.2) is 0 Å². The topological polar surface area (TPSA) is 12.0 Å². The number of hydrogen-bond donors (Lipinski definition) is 1. The van der Waals surface area contributed by atoms with Gasteiger partial charge >= 0.3 is 0 Å². The molecule has 2 rings (SSSR count). The van der Waals surface area contributed by atoms with Crippen molar-refractivity contribution in [3.05, 3.63) is 16.3 Å². The minimum absolute atomic E-state index is 0.785. The van der Waals surface area contributed by atoms with E-state index in [1.165, 1.54) is 24.1 Å². The zero-order chi connectivity index (χ0) is 6.97. The maximum absolute atomic E-state index is 3.47. The maximum atomic E-state index is 3.47. The highest BCUT2D eigenvalue weighted by molar-refractivity contribution is 7.08. The number of nitrogens with one attached hydrogen (secondary N) is 1. The van der Waals surface area contributed by atoms with E-state index in [1.54, 1.807) is 11.3 Å². The van der Waals surface area contributed by atoms with Crippen LogP contribution in [0, 0.1) is 6.92 Å². The van der Waals surface area contributed by atoms with Crippen molar-refractivity contribution in [3.63, 3.8) is 0 Å². The number of rotatable bonds is 2. The Morgan fingerprint density at radius 3 is 2.80 bits per heavy atom. The molecule has 0 saturated heterocycles. The van der Waals surface area contributed by atoms with Gasteiger partial charge in [-0.2, -0.15) is 0 Å². The zero-order valence-corrected chi connectivity index (χ0v) is 6.87. The summed E-state index contributed by atoms with van der Waals surface area (Å²) < 4.78 is 0. The third-order valence-corrected chi connectivity index (χ3v) is 2.65. The largest absolute Gasteiger partial charge is 0.381 e. The second kappa shape index (κ2) is 2.27. The van der Waals surface area contributed by atoms with Crippen molar-refractivity contribution < 1.29 is 0 Å². The lowest BCUT2D eigenvalue weighted by molar-refractivity contribution is 1.15. The first kappa shape index (κ1) is 6.23. The van der Waals surface area contributed by atoms with Crippen LogP contribution in [0.15, 0.2) is 10.8 Å². The summed E-state index contributed by atoms with van der Waals surface area (Å²) in [7, 11) is 0. The molecule has 1 saturated carbocycles. The van der Waals surface area contributed by atoms with E-state index in [2.05, 4.69) is 23.0 Å². The molecule has 0 aromatic carbocycles. The summed E-state index contributed by atoms with van der Waals surface area (Å²) in [5.41, 5.74) is 2.73. The normalized spacial score (nSPS) is 17.3. The lowest BCUT2D eigenvalue weighted by atomic mass is 10.3. The Labute approximate surface area is 65.1 Å². The summed E-state index contributed by atoms with van der Waals surface area (Å²) in [6, 6.07) is 0.785. The summed E-state index contributed by atoms with van der Waals surface area (Å²) in [6.07, 6.45) is 2.71. The molecule has 54 valence electrons. The van der Waals surface area contributed by atoms with Crippen LogP contribution in [0.25, 0.3) is 0 Å². The van der Waals surface area contributed by atoms with Crippen LogP contribution in [0.5, 0.6) is 0 Å². The fourth-order valence-electron chi connectivity index (χ4n) is 0.956. The molecule has 1 fully saturated rings. The van der Waals surface area contributed by atoms with Gasteiger partial charge in [0, 0.05) is 17.1 Å². The highest BCUT2D eigenvalue weighted by Crippen LogP contribution is 2.28. The van der Waals surface area contributed by atoms with Gasteiger partial charge in [0.25, 0.3) is 0 Å². The predicted molar refractivity (Wildman–Crippen MR) is 45.7 cm³/mol. The molecule has 0 spiro atoms. The first-order chi connectivity index (χ1) is 4.86. The van der Waals surface area contributed by atoms with Crippen molar-refractivity contribution in [2.75, 3.05) is 5.32 Å². The molecule has 0 aliphatic heterocycles. The molecule has 1 aromatic heterocycles. The van der Waals surface area contributed by atoms with Gasteiger partial charge in [0.05, 0.1) is 0 Å².